The van der Waals surface area contributed by atoms with Gasteiger partial charge in [-0.25, -0.2) is 0 Å². The molecule has 2 aliphatic rings. The lowest BCUT2D eigenvalue weighted by molar-refractivity contribution is -0.140. The lowest BCUT2D eigenvalue weighted by Crippen LogP contribution is -2.57. The molecule has 0 aliphatic carbocycles. The van der Waals surface area contributed by atoms with Gasteiger partial charge in [0.05, 0.1) is 6.04 Å². The molecule has 2 rings (SSSR count). The zero-order chi connectivity index (χ0) is 12.4. The van der Waals surface area contributed by atoms with E-state index in [0.717, 1.165) is 6.42 Å². The number of carbonyl (C=O) groups excluding carboxylic acids is 1. The number of likely N-dealkylation sites (tertiary alicyclic amines) is 1. The molecule has 3 heteroatoms. The summed E-state index contributed by atoms with van der Waals surface area (Å²) in [4.78, 5) is 14.7. The molecular weight excluding hydrogens is 212 g/mol. The van der Waals surface area contributed by atoms with Crippen LogP contribution >= 0.6 is 0 Å². The molecule has 17 heavy (non-hydrogen) atoms. The predicted octanol–water partition coefficient (Wildman–Crippen LogP) is 2.31. The third-order valence-electron chi connectivity index (χ3n) is 4.36. The number of piperidine rings is 2. The summed E-state index contributed by atoms with van der Waals surface area (Å²) in [6, 6.07) is 1.41. The summed E-state index contributed by atoms with van der Waals surface area (Å²) < 4.78 is 0. The van der Waals surface area contributed by atoms with Gasteiger partial charge in [-0.2, -0.15) is 0 Å². The number of amides is 1. The second kappa shape index (κ2) is 5.38. The standard InChI is InChI=1S/C14H26N2O/c1-10-6-4-9-13(15-10)14(17)16-11(2)7-5-8-12(16)3/h10-13,15H,4-9H2,1-3H3. The largest absolute Gasteiger partial charge is 0.336 e. The summed E-state index contributed by atoms with van der Waals surface area (Å²) in [6.07, 6.45) is 6.99. The van der Waals surface area contributed by atoms with Crippen LogP contribution in [0.4, 0.5) is 0 Å². The lowest BCUT2D eigenvalue weighted by Gasteiger charge is -2.42. The maximum Gasteiger partial charge on any atom is 0.240 e. The Labute approximate surface area is 105 Å². The molecule has 4 unspecified atom stereocenters. The summed E-state index contributed by atoms with van der Waals surface area (Å²) >= 11 is 0. The number of nitrogens with one attached hydrogen (secondary N) is 1. The van der Waals surface area contributed by atoms with Gasteiger partial charge in [0.25, 0.3) is 0 Å². The molecule has 1 N–H and O–H groups in total. The van der Waals surface area contributed by atoms with E-state index in [2.05, 4.69) is 31.0 Å². The second-order valence-corrected chi connectivity index (χ2v) is 5.93. The third kappa shape index (κ3) is 2.82. The Morgan fingerprint density at radius 1 is 1.00 bits per heavy atom. The fourth-order valence-corrected chi connectivity index (χ4v) is 3.37. The van der Waals surface area contributed by atoms with Crippen molar-refractivity contribution < 1.29 is 4.79 Å². The Balaban J connectivity index is 2.02. The van der Waals surface area contributed by atoms with Crippen LogP contribution in [-0.2, 0) is 4.79 Å². The topological polar surface area (TPSA) is 32.3 Å². The van der Waals surface area contributed by atoms with E-state index in [1.165, 1.54) is 32.1 Å². The molecule has 0 aromatic carbocycles. The predicted molar refractivity (Wildman–Crippen MR) is 69.9 cm³/mol. The van der Waals surface area contributed by atoms with Crippen LogP contribution in [0, 0.1) is 0 Å². The minimum Gasteiger partial charge on any atom is -0.336 e. The molecule has 0 saturated carbocycles. The molecule has 4 atom stereocenters. The van der Waals surface area contributed by atoms with Gasteiger partial charge in [0.15, 0.2) is 0 Å². The van der Waals surface area contributed by atoms with Crippen LogP contribution < -0.4 is 5.32 Å². The smallest absolute Gasteiger partial charge is 0.240 e. The monoisotopic (exact) mass is 238 g/mol. The first-order valence-electron chi connectivity index (χ1n) is 7.18. The van der Waals surface area contributed by atoms with E-state index in [-0.39, 0.29) is 6.04 Å². The van der Waals surface area contributed by atoms with Gasteiger partial charge in [-0.1, -0.05) is 0 Å². The Morgan fingerprint density at radius 2 is 1.59 bits per heavy atom. The van der Waals surface area contributed by atoms with Gasteiger partial charge in [0, 0.05) is 18.1 Å². The van der Waals surface area contributed by atoms with E-state index in [1.54, 1.807) is 0 Å². The summed E-state index contributed by atoms with van der Waals surface area (Å²) in [6.45, 7) is 6.57. The van der Waals surface area contributed by atoms with Crippen molar-refractivity contribution in [3.63, 3.8) is 0 Å². The van der Waals surface area contributed by atoms with E-state index in [9.17, 15) is 4.79 Å². The van der Waals surface area contributed by atoms with Gasteiger partial charge < -0.3 is 10.2 Å². The van der Waals surface area contributed by atoms with E-state index >= 15 is 0 Å². The van der Waals surface area contributed by atoms with Crippen molar-refractivity contribution in [1.82, 2.24) is 10.2 Å². The van der Waals surface area contributed by atoms with Crippen molar-refractivity contribution >= 4 is 5.91 Å². The molecule has 2 aliphatic heterocycles. The maximum atomic E-state index is 12.6. The van der Waals surface area contributed by atoms with Crippen LogP contribution in [0.5, 0.6) is 0 Å². The summed E-state index contributed by atoms with van der Waals surface area (Å²) in [5.41, 5.74) is 0. The van der Waals surface area contributed by atoms with E-state index < -0.39 is 0 Å². The Hall–Kier alpha value is -0.570. The number of hydrogen-bond donors (Lipinski definition) is 1. The first-order valence-corrected chi connectivity index (χ1v) is 7.18. The second-order valence-electron chi connectivity index (χ2n) is 5.93. The van der Waals surface area contributed by atoms with Gasteiger partial charge in [0.2, 0.25) is 5.91 Å². The SMILES string of the molecule is CC1CCCC(C(=O)N2C(C)CCCC2C)N1. The van der Waals surface area contributed by atoms with Crippen molar-refractivity contribution in [3.05, 3.63) is 0 Å². The number of carbonyl (C=O) groups is 1. The van der Waals surface area contributed by atoms with Gasteiger partial charge >= 0.3 is 0 Å². The van der Waals surface area contributed by atoms with Crippen molar-refractivity contribution in [2.45, 2.75) is 83.5 Å². The summed E-state index contributed by atoms with van der Waals surface area (Å²) in [5, 5.41) is 3.46. The molecule has 2 saturated heterocycles. The average molecular weight is 238 g/mol. The van der Waals surface area contributed by atoms with Crippen LogP contribution in [-0.4, -0.2) is 35.0 Å². The van der Waals surface area contributed by atoms with Crippen LogP contribution in [0.25, 0.3) is 0 Å². The third-order valence-corrected chi connectivity index (χ3v) is 4.36. The Morgan fingerprint density at radius 3 is 2.18 bits per heavy atom. The highest BCUT2D eigenvalue weighted by atomic mass is 16.2. The van der Waals surface area contributed by atoms with E-state index in [4.69, 9.17) is 0 Å². The molecule has 0 aromatic heterocycles. The zero-order valence-electron chi connectivity index (χ0n) is 11.4. The molecule has 0 radical (unpaired) electrons. The summed E-state index contributed by atoms with van der Waals surface area (Å²) in [7, 11) is 0. The van der Waals surface area contributed by atoms with Crippen LogP contribution in [0.1, 0.15) is 59.3 Å². The lowest BCUT2D eigenvalue weighted by atomic mass is 9.93. The van der Waals surface area contributed by atoms with Crippen molar-refractivity contribution in [2.24, 2.45) is 0 Å². The van der Waals surface area contributed by atoms with Crippen LogP contribution in [0.15, 0.2) is 0 Å². The highest BCUT2D eigenvalue weighted by molar-refractivity contribution is 5.82. The van der Waals surface area contributed by atoms with E-state index in [1.807, 2.05) is 0 Å². The highest BCUT2D eigenvalue weighted by Crippen LogP contribution is 2.25. The number of rotatable bonds is 1. The molecule has 2 fully saturated rings. The zero-order valence-corrected chi connectivity index (χ0v) is 11.4. The van der Waals surface area contributed by atoms with Crippen LogP contribution in [0.3, 0.4) is 0 Å². The quantitative estimate of drug-likeness (QED) is 0.760. The normalized spacial score (nSPS) is 39.1. The number of nitrogens with zero attached hydrogens (tertiary/aromatic N) is 1. The maximum absolute atomic E-state index is 12.6. The molecule has 3 nitrogen and oxygen atoms in total. The first-order chi connectivity index (χ1) is 8.09. The van der Waals surface area contributed by atoms with Crippen molar-refractivity contribution in [2.75, 3.05) is 0 Å². The van der Waals surface area contributed by atoms with Crippen molar-refractivity contribution in [1.29, 1.82) is 0 Å². The molecule has 0 spiro atoms. The fourth-order valence-electron chi connectivity index (χ4n) is 3.37. The Bertz CT molecular complexity index is 269. The summed E-state index contributed by atoms with van der Waals surface area (Å²) in [5.74, 6) is 0.344. The minimum absolute atomic E-state index is 0.0711. The fraction of sp³-hybridized carbons (Fsp3) is 0.929. The molecular formula is C14H26N2O. The molecule has 0 bridgehead atoms. The minimum atomic E-state index is 0.0711. The molecule has 98 valence electrons. The van der Waals surface area contributed by atoms with Gasteiger partial charge in [0.1, 0.15) is 0 Å². The molecule has 1 amide bonds. The van der Waals surface area contributed by atoms with Crippen LogP contribution in [0.2, 0.25) is 0 Å². The highest BCUT2D eigenvalue weighted by Gasteiger charge is 2.34. The Kier molecular flexibility index (Phi) is 4.08. The number of hydrogen-bond acceptors (Lipinski definition) is 2. The molecule has 2 heterocycles. The first kappa shape index (κ1) is 12.9. The van der Waals surface area contributed by atoms with Gasteiger partial charge in [-0.15, -0.1) is 0 Å². The van der Waals surface area contributed by atoms with Gasteiger partial charge in [-0.05, 0) is 59.3 Å². The van der Waals surface area contributed by atoms with Crippen molar-refractivity contribution in [3.8, 4) is 0 Å². The average Bonchev–Trinajstić information content (AvgIpc) is 2.28. The molecule has 0 aromatic rings. The van der Waals surface area contributed by atoms with Gasteiger partial charge in [-0.3, -0.25) is 4.79 Å². The van der Waals surface area contributed by atoms with E-state index in [0.29, 0.717) is 24.0 Å².